The first-order valence-electron chi connectivity index (χ1n) is 8.17. The quantitative estimate of drug-likeness (QED) is 0.692. The van der Waals surface area contributed by atoms with Crippen LogP contribution in [0.15, 0.2) is 73.1 Å². The van der Waals surface area contributed by atoms with E-state index in [1.165, 1.54) is 22.3 Å². The molecule has 1 aromatic heterocycles. The van der Waals surface area contributed by atoms with E-state index in [9.17, 15) is 0 Å². The summed E-state index contributed by atoms with van der Waals surface area (Å²) in [4.78, 5) is 4.22. The van der Waals surface area contributed by atoms with Crippen molar-refractivity contribution in [2.75, 3.05) is 6.61 Å². The molecule has 2 heterocycles. The minimum atomic E-state index is 0.000309. The van der Waals surface area contributed by atoms with Crippen LogP contribution in [0.2, 0.25) is 0 Å². The normalized spacial score (nSPS) is 16.1. The highest BCUT2D eigenvalue weighted by Crippen LogP contribution is 2.37. The molecule has 0 amide bonds. The van der Waals surface area contributed by atoms with Gasteiger partial charge in [-0.05, 0) is 28.3 Å². The minimum absolute atomic E-state index is 0.000309. The van der Waals surface area contributed by atoms with Crippen LogP contribution in [0.4, 0.5) is 0 Å². The zero-order chi connectivity index (χ0) is 16.2. The van der Waals surface area contributed by atoms with Crippen LogP contribution in [0.25, 0.3) is 11.1 Å². The first kappa shape index (κ1) is 15.1. The van der Waals surface area contributed by atoms with E-state index >= 15 is 0 Å². The van der Waals surface area contributed by atoms with Crippen molar-refractivity contribution in [1.29, 1.82) is 0 Å². The van der Waals surface area contributed by atoms with Crippen molar-refractivity contribution in [2.24, 2.45) is 0 Å². The fourth-order valence-corrected chi connectivity index (χ4v) is 3.13. The Bertz CT molecular complexity index is 803. The van der Waals surface area contributed by atoms with Gasteiger partial charge in [-0.25, -0.2) is 0 Å². The number of rotatable bonds is 5. The number of hydrogen-bond acceptors (Lipinski definition) is 3. The van der Waals surface area contributed by atoms with Crippen molar-refractivity contribution in [3.63, 3.8) is 0 Å². The Balaban J connectivity index is 1.48. The largest absolute Gasteiger partial charge is 0.374 e. The second kappa shape index (κ2) is 6.95. The second-order valence-electron chi connectivity index (χ2n) is 5.92. The van der Waals surface area contributed by atoms with Gasteiger partial charge in [-0.1, -0.05) is 54.6 Å². The Kier molecular flexibility index (Phi) is 4.36. The third-order valence-corrected chi connectivity index (χ3v) is 4.34. The molecule has 0 saturated heterocycles. The van der Waals surface area contributed by atoms with E-state index in [2.05, 4.69) is 41.4 Å². The van der Waals surface area contributed by atoms with Crippen LogP contribution in [0, 0.1) is 0 Å². The molecule has 0 fully saturated rings. The van der Waals surface area contributed by atoms with Gasteiger partial charge in [-0.2, -0.15) is 0 Å². The highest BCUT2D eigenvalue weighted by Gasteiger charge is 2.25. The van der Waals surface area contributed by atoms with Gasteiger partial charge in [0.2, 0.25) is 0 Å². The van der Waals surface area contributed by atoms with E-state index in [0.717, 1.165) is 5.56 Å². The number of pyridine rings is 1. The standard InChI is InChI=1S/C21H19NO2/c1-2-6-16(7-3-1)13-23-15-21-19-10-4-9-18(20(19)14-24-21)17-8-5-11-22-12-17/h1-12,21H,13-15H2. The molecule has 0 spiro atoms. The lowest BCUT2D eigenvalue weighted by molar-refractivity contribution is -0.0145. The van der Waals surface area contributed by atoms with Crippen LogP contribution < -0.4 is 0 Å². The van der Waals surface area contributed by atoms with Gasteiger partial charge in [-0.15, -0.1) is 0 Å². The number of benzene rings is 2. The van der Waals surface area contributed by atoms with Crippen LogP contribution in [0.3, 0.4) is 0 Å². The Morgan fingerprint density at radius 3 is 2.75 bits per heavy atom. The van der Waals surface area contributed by atoms with Crippen molar-refractivity contribution < 1.29 is 9.47 Å². The fourth-order valence-electron chi connectivity index (χ4n) is 3.13. The van der Waals surface area contributed by atoms with E-state index in [4.69, 9.17) is 9.47 Å². The predicted molar refractivity (Wildman–Crippen MR) is 93.3 cm³/mol. The molecular formula is C21H19NO2. The molecule has 1 aliphatic rings. The summed E-state index contributed by atoms with van der Waals surface area (Å²) >= 11 is 0. The summed E-state index contributed by atoms with van der Waals surface area (Å²) < 4.78 is 11.8. The maximum absolute atomic E-state index is 5.98. The van der Waals surface area contributed by atoms with Crippen LogP contribution in [0.5, 0.6) is 0 Å². The van der Waals surface area contributed by atoms with Gasteiger partial charge in [0.15, 0.2) is 0 Å². The van der Waals surface area contributed by atoms with Crippen LogP contribution >= 0.6 is 0 Å². The van der Waals surface area contributed by atoms with Crippen molar-refractivity contribution in [3.8, 4) is 11.1 Å². The first-order chi connectivity index (χ1) is 11.9. The molecule has 120 valence electrons. The maximum Gasteiger partial charge on any atom is 0.107 e. The van der Waals surface area contributed by atoms with Gasteiger partial charge in [-0.3, -0.25) is 4.98 Å². The lowest BCUT2D eigenvalue weighted by Gasteiger charge is -2.12. The predicted octanol–water partition coefficient (Wildman–Crippen LogP) is 4.54. The summed E-state index contributed by atoms with van der Waals surface area (Å²) in [7, 11) is 0. The third-order valence-electron chi connectivity index (χ3n) is 4.34. The molecule has 1 unspecified atom stereocenters. The van der Waals surface area contributed by atoms with E-state index in [0.29, 0.717) is 19.8 Å². The second-order valence-corrected chi connectivity index (χ2v) is 5.92. The van der Waals surface area contributed by atoms with Gasteiger partial charge >= 0.3 is 0 Å². The summed E-state index contributed by atoms with van der Waals surface area (Å²) in [5.74, 6) is 0. The molecule has 24 heavy (non-hydrogen) atoms. The van der Waals surface area contributed by atoms with E-state index in [-0.39, 0.29) is 6.10 Å². The molecule has 3 aromatic rings. The molecule has 4 rings (SSSR count). The van der Waals surface area contributed by atoms with Gasteiger partial charge in [0, 0.05) is 18.0 Å². The molecule has 3 heteroatoms. The molecule has 3 nitrogen and oxygen atoms in total. The highest BCUT2D eigenvalue weighted by atomic mass is 16.5. The Morgan fingerprint density at radius 2 is 1.92 bits per heavy atom. The Labute approximate surface area is 141 Å². The Hall–Kier alpha value is -2.49. The summed E-state index contributed by atoms with van der Waals surface area (Å²) in [6, 6.07) is 20.6. The van der Waals surface area contributed by atoms with Crippen molar-refractivity contribution in [2.45, 2.75) is 19.3 Å². The molecule has 2 aromatic carbocycles. The minimum Gasteiger partial charge on any atom is -0.374 e. The van der Waals surface area contributed by atoms with E-state index in [1.54, 1.807) is 6.20 Å². The zero-order valence-electron chi connectivity index (χ0n) is 13.4. The number of fused-ring (bicyclic) bond motifs is 1. The zero-order valence-corrected chi connectivity index (χ0v) is 13.4. The lowest BCUT2D eigenvalue weighted by atomic mass is 9.96. The van der Waals surface area contributed by atoms with Crippen molar-refractivity contribution >= 4 is 0 Å². The maximum atomic E-state index is 5.98. The van der Waals surface area contributed by atoms with Crippen LogP contribution in [-0.2, 0) is 22.7 Å². The fraction of sp³-hybridized carbons (Fsp3) is 0.190. The highest BCUT2D eigenvalue weighted by molar-refractivity contribution is 5.68. The van der Waals surface area contributed by atoms with Gasteiger partial charge in [0.25, 0.3) is 0 Å². The first-order valence-corrected chi connectivity index (χ1v) is 8.17. The van der Waals surface area contributed by atoms with Gasteiger partial charge in [0.05, 0.1) is 19.8 Å². The molecule has 0 N–H and O–H groups in total. The van der Waals surface area contributed by atoms with Crippen LogP contribution in [0.1, 0.15) is 22.8 Å². The lowest BCUT2D eigenvalue weighted by Crippen LogP contribution is -2.06. The molecule has 0 radical (unpaired) electrons. The third kappa shape index (κ3) is 3.09. The summed E-state index contributed by atoms with van der Waals surface area (Å²) in [5.41, 5.74) is 5.98. The number of hydrogen-bond donors (Lipinski definition) is 0. The van der Waals surface area contributed by atoms with Crippen molar-refractivity contribution in [1.82, 2.24) is 4.98 Å². The van der Waals surface area contributed by atoms with Crippen molar-refractivity contribution in [3.05, 3.63) is 89.7 Å². The average Bonchev–Trinajstić information content (AvgIpc) is 3.07. The molecular weight excluding hydrogens is 298 g/mol. The van der Waals surface area contributed by atoms with E-state index < -0.39 is 0 Å². The summed E-state index contributed by atoms with van der Waals surface area (Å²) in [5, 5.41) is 0. The monoisotopic (exact) mass is 317 g/mol. The smallest absolute Gasteiger partial charge is 0.107 e. The molecule has 0 aliphatic carbocycles. The summed E-state index contributed by atoms with van der Waals surface area (Å²) in [6.45, 7) is 1.80. The number of nitrogens with zero attached hydrogens (tertiary/aromatic N) is 1. The van der Waals surface area contributed by atoms with Gasteiger partial charge < -0.3 is 9.47 Å². The molecule has 1 atom stereocenters. The average molecular weight is 317 g/mol. The van der Waals surface area contributed by atoms with Crippen LogP contribution in [-0.4, -0.2) is 11.6 Å². The molecule has 0 saturated carbocycles. The van der Waals surface area contributed by atoms with Gasteiger partial charge in [0.1, 0.15) is 6.10 Å². The molecule has 1 aliphatic heterocycles. The Morgan fingerprint density at radius 1 is 1.00 bits per heavy atom. The summed E-state index contributed by atoms with van der Waals surface area (Å²) in [6.07, 6.45) is 3.69. The van der Waals surface area contributed by atoms with E-state index in [1.807, 2.05) is 30.5 Å². The topological polar surface area (TPSA) is 31.4 Å². The SMILES string of the molecule is c1ccc(COCC2OCc3c(-c4cccnc4)cccc32)cc1. The number of ether oxygens (including phenoxy) is 2. The molecule has 0 bridgehead atoms. The number of aromatic nitrogens is 1.